The number of hydrogen-bond donors (Lipinski definition) is 1. The monoisotopic (exact) mass is 271 g/mol. The number of phenols is 1. The van der Waals surface area contributed by atoms with Gasteiger partial charge >= 0.3 is 0 Å². The second kappa shape index (κ2) is 5.97. The Morgan fingerprint density at radius 1 is 1.35 bits per heavy atom. The molecule has 0 aliphatic carbocycles. The van der Waals surface area contributed by atoms with Crippen molar-refractivity contribution < 1.29 is 19.4 Å². The van der Waals surface area contributed by atoms with Crippen molar-refractivity contribution in [3.8, 4) is 11.5 Å². The lowest BCUT2D eigenvalue weighted by Crippen LogP contribution is -2.01. The van der Waals surface area contributed by atoms with Crippen molar-refractivity contribution in [3.05, 3.63) is 53.3 Å². The Hall–Kier alpha value is -2.69. The maximum Gasteiger partial charge on any atom is 0.178 e. The maximum atomic E-state index is 11.1. The van der Waals surface area contributed by atoms with Crippen LogP contribution in [0, 0.1) is 0 Å². The Kier molecular flexibility index (Phi) is 4.10. The van der Waals surface area contributed by atoms with Crippen LogP contribution in [0.4, 0.5) is 0 Å². The Morgan fingerprint density at radius 2 is 2.15 bits per heavy atom. The molecule has 20 heavy (non-hydrogen) atoms. The van der Waals surface area contributed by atoms with E-state index in [9.17, 15) is 14.7 Å². The van der Waals surface area contributed by atoms with E-state index < -0.39 is 0 Å². The number of nitrogens with zero attached hydrogens (tertiary/aromatic N) is 1. The number of carbonyl (C=O) groups is 2. The summed E-state index contributed by atoms with van der Waals surface area (Å²) in [5.41, 5.74) is 1.26. The van der Waals surface area contributed by atoms with Gasteiger partial charge in [-0.1, -0.05) is 12.1 Å². The van der Waals surface area contributed by atoms with Crippen molar-refractivity contribution in [3.63, 3.8) is 0 Å². The second-order valence-corrected chi connectivity index (χ2v) is 4.20. The molecule has 5 heteroatoms. The van der Waals surface area contributed by atoms with Gasteiger partial charge in [-0.25, -0.2) is 0 Å². The molecule has 0 radical (unpaired) electrons. The van der Waals surface area contributed by atoms with E-state index in [1.54, 1.807) is 30.5 Å². The summed E-state index contributed by atoms with van der Waals surface area (Å²) in [6, 6.07) is 7.95. The van der Waals surface area contributed by atoms with E-state index in [4.69, 9.17) is 4.74 Å². The fraction of sp³-hybridized carbons (Fsp3) is 0.133. The molecular formula is C15H13NO4. The molecule has 1 aromatic carbocycles. The van der Waals surface area contributed by atoms with E-state index in [0.29, 0.717) is 17.7 Å². The lowest BCUT2D eigenvalue weighted by Gasteiger charge is -2.09. The number of phenolic OH excluding ortho intramolecular Hbond substituents is 1. The smallest absolute Gasteiger partial charge is 0.178 e. The summed E-state index contributed by atoms with van der Waals surface area (Å²) in [5, 5.41) is 9.52. The van der Waals surface area contributed by atoms with Crippen LogP contribution >= 0.6 is 0 Å². The molecule has 0 fully saturated rings. The van der Waals surface area contributed by atoms with Crippen LogP contribution in [-0.4, -0.2) is 22.2 Å². The van der Waals surface area contributed by atoms with Gasteiger partial charge in [0.2, 0.25) is 0 Å². The van der Waals surface area contributed by atoms with E-state index in [2.05, 4.69) is 4.98 Å². The molecule has 1 aromatic heterocycles. The molecule has 5 nitrogen and oxygen atoms in total. The van der Waals surface area contributed by atoms with Crippen LogP contribution in [0.25, 0.3) is 0 Å². The average Bonchev–Trinajstić information content (AvgIpc) is 2.45. The third-order valence-electron chi connectivity index (χ3n) is 2.74. The van der Waals surface area contributed by atoms with Crippen molar-refractivity contribution in [2.24, 2.45) is 0 Å². The highest BCUT2D eigenvalue weighted by molar-refractivity contribution is 5.91. The maximum absolute atomic E-state index is 11.1. The molecule has 0 saturated heterocycles. The number of carbonyl (C=O) groups excluding carboxylic acids is 2. The molecular weight excluding hydrogens is 258 g/mol. The predicted molar refractivity (Wildman–Crippen MR) is 72.1 cm³/mol. The first-order valence-corrected chi connectivity index (χ1v) is 5.97. The molecule has 0 saturated carbocycles. The minimum Gasteiger partial charge on any atom is -0.507 e. The molecule has 102 valence electrons. The summed E-state index contributed by atoms with van der Waals surface area (Å²) < 4.78 is 5.48. The van der Waals surface area contributed by atoms with Gasteiger partial charge in [0.25, 0.3) is 0 Å². The standard InChI is InChI=1S/C15H13NO4/c1-10(18)13-6-5-11(7-16-13)9-20-15-4-2-3-14(19)12(15)8-17/h2-8,19H,9H2,1H3. The van der Waals surface area contributed by atoms with Crippen LogP contribution in [0.15, 0.2) is 36.5 Å². The lowest BCUT2D eigenvalue weighted by molar-refractivity contribution is 0.101. The molecule has 0 amide bonds. The summed E-state index contributed by atoms with van der Waals surface area (Å²) in [4.78, 5) is 26.0. The molecule has 1 heterocycles. The summed E-state index contributed by atoms with van der Waals surface area (Å²) in [6.07, 6.45) is 2.09. The Morgan fingerprint density at radius 3 is 2.75 bits per heavy atom. The number of aromatic nitrogens is 1. The highest BCUT2D eigenvalue weighted by Crippen LogP contribution is 2.26. The van der Waals surface area contributed by atoms with Crippen molar-refractivity contribution in [1.29, 1.82) is 0 Å². The molecule has 1 N–H and O–H groups in total. The highest BCUT2D eigenvalue weighted by Gasteiger charge is 2.08. The number of aldehydes is 1. The van der Waals surface area contributed by atoms with Gasteiger partial charge in [0.05, 0.1) is 5.56 Å². The molecule has 2 aromatic rings. The fourth-order valence-corrected chi connectivity index (χ4v) is 1.66. The predicted octanol–water partition coefficient (Wildman–Crippen LogP) is 2.38. The summed E-state index contributed by atoms with van der Waals surface area (Å²) in [6.45, 7) is 1.64. The lowest BCUT2D eigenvalue weighted by atomic mass is 10.2. The molecule has 0 aliphatic rings. The van der Waals surface area contributed by atoms with Gasteiger partial charge in [0.1, 0.15) is 23.8 Å². The number of pyridine rings is 1. The van der Waals surface area contributed by atoms with Gasteiger partial charge in [-0.3, -0.25) is 14.6 Å². The quantitative estimate of drug-likeness (QED) is 0.667. The van der Waals surface area contributed by atoms with Gasteiger partial charge in [0.15, 0.2) is 12.1 Å². The van der Waals surface area contributed by atoms with E-state index >= 15 is 0 Å². The van der Waals surface area contributed by atoms with Gasteiger partial charge in [0, 0.05) is 18.7 Å². The normalized spacial score (nSPS) is 10.1. The molecule has 0 unspecified atom stereocenters. The largest absolute Gasteiger partial charge is 0.507 e. The number of aromatic hydroxyl groups is 1. The Labute approximate surface area is 115 Å². The Bertz CT molecular complexity index is 635. The van der Waals surface area contributed by atoms with Gasteiger partial charge in [-0.05, 0) is 18.2 Å². The number of ketones is 1. The zero-order chi connectivity index (χ0) is 14.5. The van der Waals surface area contributed by atoms with Crippen LogP contribution in [-0.2, 0) is 6.61 Å². The van der Waals surface area contributed by atoms with Crippen molar-refractivity contribution >= 4 is 12.1 Å². The molecule has 2 rings (SSSR count). The summed E-state index contributed by atoms with van der Waals surface area (Å²) in [5.74, 6) is 0.0758. The fourth-order valence-electron chi connectivity index (χ4n) is 1.66. The van der Waals surface area contributed by atoms with Crippen LogP contribution in [0.3, 0.4) is 0 Å². The zero-order valence-corrected chi connectivity index (χ0v) is 10.9. The second-order valence-electron chi connectivity index (χ2n) is 4.20. The summed E-state index contributed by atoms with van der Waals surface area (Å²) in [7, 11) is 0. The number of rotatable bonds is 5. The molecule has 0 bridgehead atoms. The molecule has 0 atom stereocenters. The number of hydrogen-bond acceptors (Lipinski definition) is 5. The highest BCUT2D eigenvalue weighted by atomic mass is 16.5. The van der Waals surface area contributed by atoms with Crippen LogP contribution in [0.1, 0.15) is 33.3 Å². The van der Waals surface area contributed by atoms with Gasteiger partial charge in [-0.2, -0.15) is 0 Å². The van der Waals surface area contributed by atoms with Crippen molar-refractivity contribution in [2.45, 2.75) is 13.5 Å². The Balaban J connectivity index is 2.11. The van der Waals surface area contributed by atoms with Crippen molar-refractivity contribution in [2.75, 3.05) is 0 Å². The summed E-state index contributed by atoms with van der Waals surface area (Å²) >= 11 is 0. The van der Waals surface area contributed by atoms with Crippen molar-refractivity contribution in [1.82, 2.24) is 4.98 Å². The number of Topliss-reactive ketones (excluding diaryl/α,β-unsaturated/α-hetero) is 1. The number of ether oxygens (including phenoxy) is 1. The van der Waals surface area contributed by atoms with Crippen LogP contribution < -0.4 is 4.74 Å². The minimum absolute atomic E-state index is 0.103. The molecule has 0 aliphatic heterocycles. The van der Waals surface area contributed by atoms with Crippen LogP contribution in [0.5, 0.6) is 11.5 Å². The first kappa shape index (κ1) is 13.7. The minimum atomic E-state index is -0.123. The van der Waals surface area contributed by atoms with E-state index in [0.717, 1.165) is 5.56 Å². The van der Waals surface area contributed by atoms with E-state index in [1.807, 2.05) is 0 Å². The first-order chi connectivity index (χ1) is 9.61. The number of benzene rings is 1. The third-order valence-corrected chi connectivity index (χ3v) is 2.74. The SMILES string of the molecule is CC(=O)c1ccc(COc2cccc(O)c2C=O)cn1. The third kappa shape index (κ3) is 3.00. The first-order valence-electron chi connectivity index (χ1n) is 5.97. The van der Waals surface area contributed by atoms with Gasteiger partial charge < -0.3 is 9.84 Å². The van der Waals surface area contributed by atoms with Crippen LogP contribution in [0.2, 0.25) is 0 Å². The average molecular weight is 271 g/mol. The van der Waals surface area contributed by atoms with E-state index in [1.165, 1.54) is 13.0 Å². The zero-order valence-electron chi connectivity index (χ0n) is 10.9. The van der Waals surface area contributed by atoms with E-state index in [-0.39, 0.29) is 23.7 Å². The molecule has 0 spiro atoms. The van der Waals surface area contributed by atoms with Gasteiger partial charge in [-0.15, -0.1) is 0 Å². The topological polar surface area (TPSA) is 76.5 Å².